The van der Waals surface area contributed by atoms with E-state index in [0.29, 0.717) is 24.7 Å². The van der Waals surface area contributed by atoms with Gasteiger partial charge in [-0.2, -0.15) is 0 Å². The van der Waals surface area contributed by atoms with Crippen molar-refractivity contribution in [3.63, 3.8) is 0 Å². The second-order valence-electron chi connectivity index (χ2n) is 4.93. The van der Waals surface area contributed by atoms with Crippen molar-refractivity contribution in [3.8, 4) is 11.5 Å². The zero-order chi connectivity index (χ0) is 15.6. The van der Waals surface area contributed by atoms with Gasteiger partial charge in [0.1, 0.15) is 18.8 Å². The second-order valence-corrected chi connectivity index (χ2v) is 5.33. The number of halogens is 1. The number of carbonyl (C=O) groups is 2. The minimum Gasteiger partial charge on any atom is -0.486 e. The Morgan fingerprint density at radius 2 is 2.05 bits per heavy atom. The molecule has 0 saturated carbocycles. The molecular formula is C14H16ClNO5. The summed E-state index contributed by atoms with van der Waals surface area (Å²) in [6.45, 7) is 3.90. The fourth-order valence-corrected chi connectivity index (χ4v) is 2.12. The van der Waals surface area contributed by atoms with Crippen LogP contribution >= 0.6 is 11.6 Å². The lowest BCUT2D eigenvalue weighted by Gasteiger charge is -2.25. The summed E-state index contributed by atoms with van der Waals surface area (Å²) in [6.07, 6.45) is 0.256. The van der Waals surface area contributed by atoms with Gasteiger partial charge < -0.3 is 19.9 Å². The number of carboxylic acids is 1. The summed E-state index contributed by atoms with van der Waals surface area (Å²) in [5.41, 5.74) is -1.11. The molecule has 1 heterocycles. The van der Waals surface area contributed by atoms with Crippen molar-refractivity contribution < 1.29 is 24.2 Å². The van der Waals surface area contributed by atoms with Crippen molar-refractivity contribution in [2.24, 2.45) is 0 Å². The lowest BCUT2D eigenvalue weighted by Crippen LogP contribution is -2.51. The van der Waals surface area contributed by atoms with Gasteiger partial charge in [-0.05, 0) is 25.5 Å². The minimum absolute atomic E-state index is 0.227. The van der Waals surface area contributed by atoms with E-state index < -0.39 is 17.4 Å². The number of hydrogen-bond donors (Lipinski definition) is 2. The maximum Gasteiger partial charge on any atom is 0.329 e. The predicted molar refractivity (Wildman–Crippen MR) is 76.2 cm³/mol. The van der Waals surface area contributed by atoms with Gasteiger partial charge in [0.05, 0.1) is 5.02 Å². The van der Waals surface area contributed by atoms with E-state index in [1.54, 1.807) is 6.92 Å². The molecule has 114 valence electrons. The van der Waals surface area contributed by atoms with E-state index in [0.717, 1.165) is 0 Å². The number of rotatable bonds is 4. The highest BCUT2D eigenvalue weighted by Crippen LogP contribution is 2.38. The molecule has 7 heteroatoms. The molecule has 2 rings (SSSR count). The lowest BCUT2D eigenvalue weighted by molar-refractivity contribution is -0.143. The maximum absolute atomic E-state index is 12.2. The molecule has 0 bridgehead atoms. The summed E-state index contributed by atoms with van der Waals surface area (Å²) < 4.78 is 10.8. The smallest absolute Gasteiger partial charge is 0.329 e. The van der Waals surface area contributed by atoms with Crippen LogP contribution in [0.2, 0.25) is 5.02 Å². The van der Waals surface area contributed by atoms with Crippen molar-refractivity contribution in [2.45, 2.75) is 25.8 Å². The molecule has 0 fully saturated rings. The molecule has 0 radical (unpaired) electrons. The predicted octanol–water partition coefficient (Wildman–Crippen LogP) is 2.09. The molecule has 0 saturated heterocycles. The van der Waals surface area contributed by atoms with Crippen molar-refractivity contribution in [3.05, 3.63) is 22.7 Å². The van der Waals surface area contributed by atoms with Crippen LogP contribution < -0.4 is 14.8 Å². The van der Waals surface area contributed by atoms with Gasteiger partial charge in [0.2, 0.25) is 0 Å². The minimum atomic E-state index is -1.34. The monoisotopic (exact) mass is 313 g/mol. The third kappa shape index (κ3) is 3.05. The van der Waals surface area contributed by atoms with E-state index in [-0.39, 0.29) is 17.0 Å². The van der Waals surface area contributed by atoms with Crippen LogP contribution in [-0.2, 0) is 4.79 Å². The first-order chi connectivity index (χ1) is 9.87. The van der Waals surface area contributed by atoms with Crippen LogP contribution in [0.5, 0.6) is 11.5 Å². The number of benzene rings is 1. The summed E-state index contributed by atoms with van der Waals surface area (Å²) in [5.74, 6) is -0.842. The molecule has 2 N–H and O–H groups in total. The Kier molecular flexibility index (Phi) is 4.27. The van der Waals surface area contributed by atoms with Crippen LogP contribution in [0.25, 0.3) is 0 Å². The Morgan fingerprint density at radius 1 is 1.38 bits per heavy atom. The summed E-state index contributed by atoms with van der Waals surface area (Å²) in [6, 6.07) is 2.93. The summed E-state index contributed by atoms with van der Waals surface area (Å²) >= 11 is 6.06. The van der Waals surface area contributed by atoms with Gasteiger partial charge >= 0.3 is 5.97 Å². The topological polar surface area (TPSA) is 84.9 Å². The van der Waals surface area contributed by atoms with Gasteiger partial charge in [0.25, 0.3) is 5.91 Å². The first-order valence-corrected chi connectivity index (χ1v) is 6.90. The van der Waals surface area contributed by atoms with E-state index >= 15 is 0 Å². The van der Waals surface area contributed by atoms with Gasteiger partial charge in [0, 0.05) is 5.56 Å². The quantitative estimate of drug-likeness (QED) is 0.889. The second kappa shape index (κ2) is 5.81. The molecule has 1 aromatic rings. The summed E-state index contributed by atoms with van der Waals surface area (Å²) in [7, 11) is 0. The molecule has 1 aliphatic heterocycles. The number of hydrogen-bond acceptors (Lipinski definition) is 4. The van der Waals surface area contributed by atoms with E-state index in [2.05, 4.69) is 5.32 Å². The SMILES string of the molecule is CCC(C)(NC(=O)c1cc(Cl)c2c(c1)OCCO2)C(=O)O. The van der Waals surface area contributed by atoms with E-state index in [4.69, 9.17) is 21.1 Å². The number of amides is 1. The van der Waals surface area contributed by atoms with Gasteiger partial charge in [-0.25, -0.2) is 4.79 Å². The standard InChI is InChI=1S/C14H16ClNO5/c1-3-14(2,13(18)19)16-12(17)8-6-9(15)11-10(7-8)20-4-5-21-11/h6-7H,3-5H2,1-2H3,(H,16,17)(H,18,19). The largest absolute Gasteiger partial charge is 0.486 e. The highest BCUT2D eigenvalue weighted by Gasteiger charge is 2.33. The van der Waals surface area contributed by atoms with Crippen LogP contribution in [0.15, 0.2) is 12.1 Å². The Balaban J connectivity index is 2.28. The van der Waals surface area contributed by atoms with E-state index in [1.807, 2.05) is 0 Å². The van der Waals surface area contributed by atoms with Crippen LogP contribution in [-0.4, -0.2) is 35.7 Å². The fraction of sp³-hybridized carbons (Fsp3) is 0.429. The molecule has 0 aliphatic carbocycles. The van der Waals surface area contributed by atoms with Gasteiger partial charge in [-0.1, -0.05) is 18.5 Å². The van der Waals surface area contributed by atoms with Crippen molar-refractivity contribution >= 4 is 23.5 Å². The molecule has 1 atom stereocenters. The highest BCUT2D eigenvalue weighted by molar-refractivity contribution is 6.32. The zero-order valence-electron chi connectivity index (χ0n) is 11.7. The van der Waals surface area contributed by atoms with Crippen molar-refractivity contribution in [1.29, 1.82) is 0 Å². The summed E-state index contributed by atoms with van der Waals surface area (Å²) in [4.78, 5) is 23.5. The number of fused-ring (bicyclic) bond motifs is 1. The Hall–Kier alpha value is -1.95. The lowest BCUT2D eigenvalue weighted by atomic mass is 9.98. The highest BCUT2D eigenvalue weighted by atomic mass is 35.5. The number of carboxylic acid groups (broad SMARTS) is 1. The Labute approximate surface area is 127 Å². The number of nitrogens with one attached hydrogen (secondary N) is 1. The van der Waals surface area contributed by atoms with Gasteiger partial charge in [-0.15, -0.1) is 0 Å². The molecule has 1 aliphatic rings. The number of aliphatic carboxylic acids is 1. The molecule has 1 aromatic carbocycles. The normalized spacial score (nSPS) is 16.0. The van der Waals surface area contributed by atoms with Gasteiger partial charge in [-0.3, -0.25) is 4.79 Å². The van der Waals surface area contributed by atoms with Gasteiger partial charge in [0.15, 0.2) is 11.5 Å². The zero-order valence-corrected chi connectivity index (χ0v) is 12.5. The van der Waals surface area contributed by atoms with Crippen LogP contribution in [0.4, 0.5) is 0 Å². The van der Waals surface area contributed by atoms with Crippen LogP contribution in [0, 0.1) is 0 Å². The van der Waals surface area contributed by atoms with E-state index in [9.17, 15) is 14.7 Å². The van der Waals surface area contributed by atoms with Crippen LogP contribution in [0.1, 0.15) is 30.6 Å². The third-order valence-electron chi connectivity index (χ3n) is 3.43. The molecule has 1 unspecified atom stereocenters. The average Bonchev–Trinajstić information content (AvgIpc) is 2.46. The molecule has 0 spiro atoms. The van der Waals surface area contributed by atoms with Crippen molar-refractivity contribution in [2.75, 3.05) is 13.2 Å². The van der Waals surface area contributed by atoms with Crippen LogP contribution in [0.3, 0.4) is 0 Å². The molecule has 1 amide bonds. The molecule has 6 nitrogen and oxygen atoms in total. The molecule has 0 aromatic heterocycles. The first-order valence-electron chi connectivity index (χ1n) is 6.52. The maximum atomic E-state index is 12.2. The Bertz CT molecular complexity index is 589. The fourth-order valence-electron chi connectivity index (χ4n) is 1.86. The number of carbonyl (C=O) groups excluding carboxylic acids is 1. The average molecular weight is 314 g/mol. The Morgan fingerprint density at radius 3 is 2.67 bits per heavy atom. The third-order valence-corrected chi connectivity index (χ3v) is 3.71. The summed E-state index contributed by atoms with van der Waals surface area (Å²) in [5, 5.41) is 11.9. The molecule has 21 heavy (non-hydrogen) atoms. The number of ether oxygens (including phenoxy) is 2. The van der Waals surface area contributed by atoms with E-state index in [1.165, 1.54) is 19.1 Å². The van der Waals surface area contributed by atoms with Crippen molar-refractivity contribution in [1.82, 2.24) is 5.32 Å². The first kappa shape index (κ1) is 15.4. The molecular weight excluding hydrogens is 298 g/mol.